The van der Waals surface area contributed by atoms with Crippen molar-refractivity contribution in [2.24, 2.45) is 16.3 Å². The molecule has 0 atom stereocenters. The summed E-state index contributed by atoms with van der Waals surface area (Å²) in [6, 6.07) is 3.77. The number of rotatable bonds is 5. The first-order chi connectivity index (χ1) is 8.40. The van der Waals surface area contributed by atoms with Gasteiger partial charge < -0.3 is 16.3 Å². The molecule has 5 nitrogen and oxygen atoms in total. The summed E-state index contributed by atoms with van der Waals surface area (Å²) in [5.41, 5.74) is 4.98. The van der Waals surface area contributed by atoms with Crippen molar-refractivity contribution in [3.8, 4) is 0 Å². The molecule has 0 aromatic carbocycles. The lowest BCUT2D eigenvalue weighted by Crippen LogP contribution is -2.42. The van der Waals surface area contributed by atoms with Crippen molar-refractivity contribution in [1.82, 2.24) is 5.32 Å². The summed E-state index contributed by atoms with van der Waals surface area (Å²) in [5.74, 6) is -0.0262. The molecule has 6 heteroatoms. The minimum absolute atomic E-state index is 0.100. The fourth-order valence-corrected chi connectivity index (χ4v) is 2.17. The number of hydrogen-bond acceptors (Lipinski definition) is 4. The van der Waals surface area contributed by atoms with Crippen molar-refractivity contribution in [2.75, 3.05) is 6.54 Å². The van der Waals surface area contributed by atoms with E-state index in [4.69, 9.17) is 10.9 Å². The molecular formula is C12H19N3O2S. The summed E-state index contributed by atoms with van der Waals surface area (Å²) in [5, 5.41) is 14.4. The molecule has 0 aliphatic carbocycles. The smallest absolute Gasteiger partial charge is 0.261 e. The zero-order chi connectivity index (χ0) is 13.8. The van der Waals surface area contributed by atoms with Crippen LogP contribution in [0.4, 0.5) is 0 Å². The highest BCUT2D eigenvalue weighted by Crippen LogP contribution is 2.18. The zero-order valence-electron chi connectivity index (χ0n) is 10.9. The summed E-state index contributed by atoms with van der Waals surface area (Å²) in [4.78, 5) is 13.7. The van der Waals surface area contributed by atoms with Crippen LogP contribution >= 0.6 is 11.3 Å². The van der Waals surface area contributed by atoms with Gasteiger partial charge in [0, 0.05) is 16.8 Å². The molecule has 0 aliphatic heterocycles. The topological polar surface area (TPSA) is 87.7 Å². The predicted molar refractivity (Wildman–Crippen MR) is 73.2 cm³/mol. The number of nitrogens with one attached hydrogen (secondary N) is 1. The summed E-state index contributed by atoms with van der Waals surface area (Å²) in [7, 11) is 0. The Morgan fingerprint density at radius 2 is 2.22 bits per heavy atom. The Hall–Kier alpha value is -1.56. The Labute approximate surface area is 111 Å². The molecule has 0 aliphatic rings. The van der Waals surface area contributed by atoms with Crippen molar-refractivity contribution >= 4 is 23.1 Å². The molecule has 1 heterocycles. The second-order valence-corrected chi connectivity index (χ2v) is 5.84. The third kappa shape index (κ3) is 3.46. The molecule has 18 heavy (non-hydrogen) atoms. The van der Waals surface area contributed by atoms with Gasteiger partial charge in [0.15, 0.2) is 0 Å². The number of aryl methyl sites for hydroxylation is 1. The first kappa shape index (κ1) is 14.5. The number of carbonyl (C=O) groups is 1. The van der Waals surface area contributed by atoms with E-state index in [0.717, 1.165) is 6.42 Å². The quantitative estimate of drug-likeness (QED) is 0.330. The molecule has 0 unspecified atom stereocenters. The first-order valence-electron chi connectivity index (χ1n) is 5.75. The predicted octanol–water partition coefficient (Wildman–Crippen LogP) is 1.81. The maximum Gasteiger partial charge on any atom is 0.261 e. The maximum absolute atomic E-state index is 11.9. The number of carbonyl (C=O) groups excluding carboxylic acids is 1. The lowest BCUT2D eigenvalue weighted by molar-refractivity contribution is 0.0948. The molecule has 0 spiro atoms. The lowest BCUT2D eigenvalue weighted by atomic mass is 9.92. The van der Waals surface area contributed by atoms with E-state index in [0.29, 0.717) is 11.4 Å². The molecule has 1 amide bonds. The number of hydrogen-bond donors (Lipinski definition) is 3. The lowest BCUT2D eigenvalue weighted by Gasteiger charge is -2.22. The van der Waals surface area contributed by atoms with Crippen LogP contribution < -0.4 is 11.1 Å². The van der Waals surface area contributed by atoms with Gasteiger partial charge >= 0.3 is 0 Å². The van der Waals surface area contributed by atoms with E-state index < -0.39 is 5.41 Å². The molecule has 1 aromatic rings. The van der Waals surface area contributed by atoms with Crippen molar-refractivity contribution < 1.29 is 10.0 Å². The second kappa shape index (κ2) is 5.86. The van der Waals surface area contributed by atoms with Gasteiger partial charge in [0.2, 0.25) is 0 Å². The van der Waals surface area contributed by atoms with Crippen molar-refractivity contribution in [3.63, 3.8) is 0 Å². The largest absolute Gasteiger partial charge is 0.409 e. The summed E-state index contributed by atoms with van der Waals surface area (Å²) >= 11 is 1.48. The number of nitrogens with two attached hydrogens (primary N) is 1. The standard InChI is InChI=1S/C12H19N3O2S/c1-4-8-5-6-9(18-8)10(16)14-7-12(2,3)11(13)15-17/h5-6,17H,4,7H2,1-3H3,(H2,13,15)(H,14,16). The van der Waals surface area contributed by atoms with Crippen LogP contribution in [0.2, 0.25) is 0 Å². The molecule has 0 radical (unpaired) electrons. The third-order valence-corrected chi connectivity index (χ3v) is 3.95. The normalized spacial score (nSPS) is 12.5. The molecule has 4 N–H and O–H groups in total. The van der Waals surface area contributed by atoms with E-state index >= 15 is 0 Å². The number of thiophene rings is 1. The monoisotopic (exact) mass is 269 g/mol. The van der Waals surface area contributed by atoms with Gasteiger partial charge in [-0.2, -0.15) is 0 Å². The maximum atomic E-state index is 11.9. The highest BCUT2D eigenvalue weighted by molar-refractivity contribution is 7.14. The third-order valence-electron chi connectivity index (χ3n) is 2.73. The van der Waals surface area contributed by atoms with E-state index in [-0.39, 0.29) is 11.7 Å². The van der Waals surface area contributed by atoms with Gasteiger partial charge in [-0.25, -0.2) is 0 Å². The fraction of sp³-hybridized carbons (Fsp3) is 0.500. The van der Waals surface area contributed by atoms with Crippen LogP contribution in [0.25, 0.3) is 0 Å². The van der Waals surface area contributed by atoms with Crippen LogP contribution in [0, 0.1) is 5.41 Å². The Balaban J connectivity index is 2.61. The summed E-state index contributed by atoms with van der Waals surface area (Å²) in [6.07, 6.45) is 0.924. The van der Waals surface area contributed by atoms with E-state index in [2.05, 4.69) is 17.4 Å². The van der Waals surface area contributed by atoms with E-state index in [1.165, 1.54) is 16.2 Å². The number of amides is 1. The van der Waals surface area contributed by atoms with Gasteiger partial charge in [0.05, 0.1) is 4.88 Å². The summed E-state index contributed by atoms with van der Waals surface area (Å²) < 4.78 is 0. The van der Waals surface area contributed by atoms with E-state index in [1.54, 1.807) is 13.8 Å². The second-order valence-electron chi connectivity index (χ2n) is 4.67. The van der Waals surface area contributed by atoms with Gasteiger partial charge in [-0.3, -0.25) is 4.79 Å². The Morgan fingerprint density at radius 1 is 1.56 bits per heavy atom. The molecule has 0 saturated heterocycles. The van der Waals surface area contributed by atoms with Crippen LogP contribution in [0.15, 0.2) is 17.3 Å². The highest BCUT2D eigenvalue weighted by Gasteiger charge is 2.24. The average molecular weight is 269 g/mol. The molecule has 1 rings (SSSR count). The van der Waals surface area contributed by atoms with Crippen LogP contribution in [0.5, 0.6) is 0 Å². The summed E-state index contributed by atoms with van der Waals surface area (Å²) in [6.45, 7) is 5.97. The molecule has 100 valence electrons. The van der Waals surface area contributed by atoms with Crippen molar-refractivity contribution in [3.05, 3.63) is 21.9 Å². The van der Waals surface area contributed by atoms with Gasteiger partial charge in [0.1, 0.15) is 5.84 Å². The van der Waals surface area contributed by atoms with Crippen LogP contribution in [0.1, 0.15) is 35.3 Å². The highest BCUT2D eigenvalue weighted by atomic mass is 32.1. The molecule has 1 aromatic heterocycles. The van der Waals surface area contributed by atoms with Crippen molar-refractivity contribution in [1.29, 1.82) is 0 Å². The van der Waals surface area contributed by atoms with E-state index in [9.17, 15) is 4.79 Å². The molecule has 0 saturated carbocycles. The first-order valence-corrected chi connectivity index (χ1v) is 6.57. The number of amidine groups is 1. The minimum atomic E-state index is -0.574. The van der Waals surface area contributed by atoms with Crippen LogP contribution in [0.3, 0.4) is 0 Å². The van der Waals surface area contributed by atoms with Crippen molar-refractivity contribution in [2.45, 2.75) is 27.2 Å². The van der Waals surface area contributed by atoms with Gasteiger partial charge in [-0.1, -0.05) is 25.9 Å². The zero-order valence-corrected chi connectivity index (χ0v) is 11.7. The Bertz CT molecular complexity index is 452. The van der Waals surface area contributed by atoms with E-state index in [1.807, 2.05) is 12.1 Å². The van der Waals surface area contributed by atoms with Crippen LogP contribution in [-0.2, 0) is 6.42 Å². The number of nitrogens with zero attached hydrogens (tertiary/aromatic N) is 1. The minimum Gasteiger partial charge on any atom is -0.409 e. The fourth-order valence-electron chi connectivity index (χ4n) is 1.30. The van der Waals surface area contributed by atoms with Gasteiger partial charge in [-0.15, -0.1) is 11.3 Å². The van der Waals surface area contributed by atoms with Gasteiger partial charge in [0.25, 0.3) is 5.91 Å². The average Bonchev–Trinajstić information content (AvgIpc) is 2.83. The molecule has 0 bridgehead atoms. The SMILES string of the molecule is CCc1ccc(C(=O)NCC(C)(C)/C(N)=N/O)s1. The Kier molecular flexibility index (Phi) is 4.72. The van der Waals surface area contributed by atoms with Gasteiger partial charge in [-0.05, 0) is 18.6 Å². The Morgan fingerprint density at radius 3 is 2.72 bits per heavy atom. The molecular weight excluding hydrogens is 250 g/mol. The molecule has 0 fully saturated rings. The number of oxime groups is 1. The van der Waals surface area contributed by atoms with Crippen LogP contribution in [-0.4, -0.2) is 23.5 Å².